The van der Waals surface area contributed by atoms with Crippen molar-refractivity contribution < 1.29 is 19.4 Å². The van der Waals surface area contributed by atoms with Crippen molar-refractivity contribution in [3.05, 3.63) is 52.5 Å². The number of fused-ring (bicyclic) bond motifs is 2. The molecular formula is C15H10ClNO4. The first kappa shape index (κ1) is 12.5. The van der Waals surface area contributed by atoms with Crippen LogP contribution < -0.4 is 14.8 Å². The van der Waals surface area contributed by atoms with E-state index in [4.69, 9.17) is 21.1 Å². The van der Waals surface area contributed by atoms with Crippen molar-refractivity contribution in [3.8, 4) is 11.5 Å². The first-order chi connectivity index (χ1) is 10.1. The summed E-state index contributed by atoms with van der Waals surface area (Å²) < 4.78 is 10.5. The fourth-order valence-corrected chi connectivity index (χ4v) is 2.84. The average Bonchev–Trinajstić information content (AvgIpc) is 3.03. The quantitative estimate of drug-likeness (QED) is 0.848. The molecule has 0 aliphatic carbocycles. The molecule has 1 atom stereocenters. The molecule has 0 saturated heterocycles. The minimum atomic E-state index is -1.79. The van der Waals surface area contributed by atoms with Crippen molar-refractivity contribution in [2.24, 2.45) is 0 Å². The lowest BCUT2D eigenvalue weighted by Crippen LogP contribution is -2.35. The fraction of sp³-hybridized carbons (Fsp3) is 0.133. The number of carbonyl (C=O) groups excluding carboxylic acids is 1. The van der Waals surface area contributed by atoms with E-state index in [1.165, 1.54) is 0 Å². The van der Waals surface area contributed by atoms with Crippen LogP contribution in [0, 0.1) is 0 Å². The van der Waals surface area contributed by atoms with Gasteiger partial charge in [0.15, 0.2) is 17.1 Å². The van der Waals surface area contributed by atoms with Gasteiger partial charge in [-0.25, -0.2) is 0 Å². The van der Waals surface area contributed by atoms with Gasteiger partial charge in [-0.1, -0.05) is 17.7 Å². The molecule has 0 fully saturated rings. The first-order valence-corrected chi connectivity index (χ1v) is 6.71. The zero-order valence-corrected chi connectivity index (χ0v) is 11.5. The maximum Gasteiger partial charge on any atom is 0.265 e. The van der Waals surface area contributed by atoms with Gasteiger partial charge in [-0.15, -0.1) is 0 Å². The van der Waals surface area contributed by atoms with E-state index in [-0.39, 0.29) is 6.79 Å². The number of anilines is 1. The third-order valence-corrected chi connectivity index (χ3v) is 3.97. The van der Waals surface area contributed by atoms with E-state index in [1.807, 2.05) is 0 Å². The molecule has 2 heterocycles. The van der Waals surface area contributed by atoms with Gasteiger partial charge >= 0.3 is 0 Å². The SMILES string of the molecule is O=C1Nc2ccc(Cl)cc2C1(O)c1ccc2c(c1)OCO2. The summed E-state index contributed by atoms with van der Waals surface area (Å²) in [7, 11) is 0. The van der Waals surface area contributed by atoms with Crippen LogP contribution in [0.5, 0.6) is 11.5 Å². The molecule has 1 unspecified atom stereocenters. The number of carbonyl (C=O) groups is 1. The zero-order chi connectivity index (χ0) is 14.6. The number of halogens is 1. The highest BCUT2D eigenvalue weighted by Gasteiger charge is 2.47. The summed E-state index contributed by atoms with van der Waals surface area (Å²) in [6.45, 7) is 0.131. The molecule has 6 heteroatoms. The zero-order valence-electron chi connectivity index (χ0n) is 10.7. The molecule has 0 spiro atoms. The number of amides is 1. The van der Waals surface area contributed by atoms with Gasteiger partial charge in [-0.3, -0.25) is 4.79 Å². The second kappa shape index (κ2) is 4.13. The highest BCUT2D eigenvalue weighted by molar-refractivity contribution is 6.31. The number of aliphatic hydroxyl groups is 1. The summed E-state index contributed by atoms with van der Waals surface area (Å²) in [6.07, 6.45) is 0. The van der Waals surface area contributed by atoms with E-state index in [0.717, 1.165) is 0 Å². The number of benzene rings is 2. The van der Waals surface area contributed by atoms with Crippen molar-refractivity contribution in [2.75, 3.05) is 12.1 Å². The van der Waals surface area contributed by atoms with Gasteiger partial charge in [-0.05, 0) is 30.3 Å². The van der Waals surface area contributed by atoms with Crippen LogP contribution in [-0.2, 0) is 10.4 Å². The van der Waals surface area contributed by atoms with E-state index in [2.05, 4.69) is 5.32 Å². The van der Waals surface area contributed by atoms with Crippen molar-refractivity contribution in [1.82, 2.24) is 0 Å². The maximum atomic E-state index is 12.3. The highest BCUT2D eigenvalue weighted by atomic mass is 35.5. The van der Waals surface area contributed by atoms with Crippen LogP contribution in [0.15, 0.2) is 36.4 Å². The van der Waals surface area contributed by atoms with Crippen molar-refractivity contribution in [1.29, 1.82) is 0 Å². The van der Waals surface area contributed by atoms with Gasteiger partial charge in [0.05, 0.1) is 0 Å². The second-order valence-electron chi connectivity index (χ2n) is 4.92. The molecule has 2 aliphatic heterocycles. The van der Waals surface area contributed by atoms with Gasteiger partial charge in [0.1, 0.15) is 0 Å². The van der Waals surface area contributed by atoms with Crippen molar-refractivity contribution in [2.45, 2.75) is 5.60 Å². The molecule has 1 amide bonds. The number of hydrogen-bond donors (Lipinski definition) is 2. The Bertz CT molecular complexity index is 776. The van der Waals surface area contributed by atoms with E-state index in [0.29, 0.717) is 33.3 Å². The summed E-state index contributed by atoms with van der Waals surface area (Å²) in [6, 6.07) is 9.83. The average molecular weight is 304 g/mol. The Hall–Kier alpha value is -2.24. The minimum absolute atomic E-state index is 0.131. The van der Waals surface area contributed by atoms with Gasteiger partial charge in [-0.2, -0.15) is 0 Å². The Labute approximate surface area is 125 Å². The van der Waals surface area contributed by atoms with E-state index < -0.39 is 11.5 Å². The maximum absolute atomic E-state index is 12.3. The lowest BCUT2D eigenvalue weighted by atomic mass is 9.87. The minimum Gasteiger partial charge on any atom is -0.454 e. The number of nitrogens with one attached hydrogen (secondary N) is 1. The molecule has 0 saturated carbocycles. The van der Waals surface area contributed by atoms with Crippen LogP contribution in [0.3, 0.4) is 0 Å². The topological polar surface area (TPSA) is 67.8 Å². The Morgan fingerprint density at radius 2 is 1.95 bits per heavy atom. The fourth-order valence-electron chi connectivity index (χ4n) is 2.67. The highest BCUT2D eigenvalue weighted by Crippen LogP contribution is 2.44. The van der Waals surface area contributed by atoms with Crippen molar-refractivity contribution >= 4 is 23.2 Å². The Kier molecular flexibility index (Phi) is 2.46. The number of ether oxygens (including phenoxy) is 2. The molecule has 2 N–H and O–H groups in total. The lowest BCUT2D eigenvalue weighted by Gasteiger charge is -2.21. The van der Waals surface area contributed by atoms with Gasteiger partial charge < -0.3 is 19.9 Å². The molecule has 2 aromatic carbocycles. The summed E-state index contributed by atoms with van der Waals surface area (Å²) in [5, 5.41) is 14.1. The van der Waals surface area contributed by atoms with Crippen LogP contribution in [0.2, 0.25) is 5.02 Å². The Morgan fingerprint density at radius 3 is 2.81 bits per heavy atom. The third-order valence-electron chi connectivity index (χ3n) is 3.74. The van der Waals surface area contributed by atoms with Crippen molar-refractivity contribution in [3.63, 3.8) is 0 Å². The van der Waals surface area contributed by atoms with Gasteiger partial charge in [0.2, 0.25) is 6.79 Å². The molecule has 2 aliphatic rings. The molecule has 4 rings (SSSR count). The van der Waals surface area contributed by atoms with Gasteiger partial charge in [0, 0.05) is 21.8 Å². The second-order valence-corrected chi connectivity index (χ2v) is 5.36. The van der Waals surface area contributed by atoms with E-state index >= 15 is 0 Å². The molecule has 106 valence electrons. The molecule has 0 bridgehead atoms. The van der Waals surface area contributed by atoms with Crippen LogP contribution in [0.4, 0.5) is 5.69 Å². The summed E-state index contributed by atoms with van der Waals surface area (Å²) in [4.78, 5) is 12.3. The standard InChI is InChI=1S/C15H10ClNO4/c16-9-2-3-11-10(6-9)15(19,14(18)17-11)8-1-4-12-13(5-8)21-7-20-12/h1-6,19H,7H2,(H,17,18). The van der Waals surface area contributed by atoms with Gasteiger partial charge in [0.25, 0.3) is 5.91 Å². The molecular weight excluding hydrogens is 294 g/mol. The van der Waals surface area contributed by atoms with E-state index in [1.54, 1.807) is 36.4 Å². The summed E-state index contributed by atoms with van der Waals surface area (Å²) in [5.74, 6) is 0.579. The smallest absolute Gasteiger partial charge is 0.265 e. The predicted octanol–water partition coefficient (Wildman–Crippen LogP) is 2.26. The number of rotatable bonds is 1. The monoisotopic (exact) mass is 303 g/mol. The molecule has 5 nitrogen and oxygen atoms in total. The van der Waals surface area contributed by atoms with E-state index in [9.17, 15) is 9.90 Å². The molecule has 21 heavy (non-hydrogen) atoms. The largest absolute Gasteiger partial charge is 0.454 e. The predicted molar refractivity (Wildman–Crippen MR) is 75.6 cm³/mol. The Balaban J connectivity index is 1.91. The van der Waals surface area contributed by atoms with Crippen LogP contribution in [-0.4, -0.2) is 17.8 Å². The van der Waals surface area contributed by atoms with Crippen LogP contribution in [0.1, 0.15) is 11.1 Å². The lowest BCUT2D eigenvalue weighted by molar-refractivity contribution is -0.129. The normalized spacial score (nSPS) is 22.1. The summed E-state index contributed by atoms with van der Waals surface area (Å²) in [5.41, 5.74) is -0.407. The molecule has 2 aromatic rings. The number of hydrogen-bond acceptors (Lipinski definition) is 4. The Morgan fingerprint density at radius 1 is 1.14 bits per heavy atom. The van der Waals surface area contributed by atoms with Crippen LogP contribution in [0.25, 0.3) is 0 Å². The molecule has 0 aromatic heterocycles. The van der Waals surface area contributed by atoms with Crippen LogP contribution >= 0.6 is 11.6 Å². The first-order valence-electron chi connectivity index (χ1n) is 6.33. The third kappa shape index (κ3) is 1.65. The summed E-state index contributed by atoms with van der Waals surface area (Å²) >= 11 is 5.98. The molecule has 0 radical (unpaired) electrons.